The molecule has 0 spiro atoms. The van der Waals surface area contributed by atoms with E-state index in [-0.39, 0.29) is 5.82 Å². The van der Waals surface area contributed by atoms with Gasteiger partial charge in [0.05, 0.1) is 5.56 Å². The van der Waals surface area contributed by atoms with Crippen LogP contribution in [0, 0.1) is 5.82 Å². The third-order valence-corrected chi connectivity index (χ3v) is 3.79. The summed E-state index contributed by atoms with van der Waals surface area (Å²) < 4.78 is 15.8. The van der Waals surface area contributed by atoms with E-state index in [1.807, 2.05) is 13.0 Å². The maximum atomic E-state index is 14.2. The van der Waals surface area contributed by atoms with Gasteiger partial charge in [-0.05, 0) is 47.7 Å². The lowest BCUT2D eigenvalue weighted by molar-refractivity contribution is 0.545. The van der Waals surface area contributed by atoms with E-state index < -0.39 is 0 Å². The molecule has 0 unspecified atom stereocenters. The molecule has 108 valence electrons. The number of hydrogen-bond donors (Lipinski definition) is 1. The third-order valence-electron chi connectivity index (χ3n) is 2.85. The molecule has 2 aromatic rings. The molecule has 1 heterocycles. The average Bonchev–Trinajstić information content (AvgIpc) is 2.88. The van der Waals surface area contributed by atoms with Gasteiger partial charge in [0.15, 0.2) is 5.82 Å². The van der Waals surface area contributed by atoms with Crippen LogP contribution in [0.25, 0.3) is 11.4 Å². The van der Waals surface area contributed by atoms with Gasteiger partial charge < -0.3 is 5.73 Å². The highest BCUT2D eigenvalue weighted by Gasteiger charge is 2.17. The van der Waals surface area contributed by atoms with E-state index in [9.17, 15) is 4.39 Å². The van der Waals surface area contributed by atoms with E-state index in [4.69, 9.17) is 5.73 Å². The number of unbranched alkanes of at least 4 members (excludes halogenated alkanes) is 1. The van der Waals surface area contributed by atoms with Gasteiger partial charge in [0.2, 0.25) is 0 Å². The van der Waals surface area contributed by atoms with Gasteiger partial charge in [-0.2, -0.15) is 0 Å². The Morgan fingerprint density at radius 1 is 1.35 bits per heavy atom. The molecule has 20 heavy (non-hydrogen) atoms. The number of hydrogen-bond acceptors (Lipinski definition) is 5. The number of halogens is 1. The van der Waals surface area contributed by atoms with Crippen LogP contribution in [0.2, 0.25) is 0 Å². The Hall–Kier alpha value is -1.47. The second-order valence-corrected chi connectivity index (χ2v) is 5.57. The third kappa shape index (κ3) is 3.34. The monoisotopic (exact) mass is 295 g/mol. The van der Waals surface area contributed by atoms with Gasteiger partial charge in [-0.3, -0.25) is 0 Å². The Bertz CT molecular complexity index is 557. The summed E-state index contributed by atoms with van der Waals surface area (Å²) >= 11 is 1.58. The van der Waals surface area contributed by atoms with E-state index in [1.54, 1.807) is 22.5 Å². The molecule has 1 aromatic carbocycles. The van der Waals surface area contributed by atoms with E-state index in [2.05, 4.69) is 15.5 Å². The van der Waals surface area contributed by atoms with Crippen LogP contribution in [0.1, 0.15) is 19.8 Å². The van der Waals surface area contributed by atoms with E-state index >= 15 is 0 Å². The van der Waals surface area contributed by atoms with Gasteiger partial charge >= 0.3 is 0 Å². The first-order valence-electron chi connectivity index (χ1n) is 6.65. The molecule has 5 nitrogen and oxygen atoms in total. The van der Waals surface area contributed by atoms with Crippen molar-refractivity contribution in [2.75, 3.05) is 12.3 Å². The van der Waals surface area contributed by atoms with Crippen molar-refractivity contribution in [1.29, 1.82) is 0 Å². The van der Waals surface area contributed by atoms with Gasteiger partial charge in [0.25, 0.3) is 0 Å². The first kappa shape index (κ1) is 14.9. The Kier molecular flexibility index (Phi) is 5.49. The maximum absolute atomic E-state index is 14.2. The quantitative estimate of drug-likeness (QED) is 0.627. The van der Waals surface area contributed by atoms with Crippen molar-refractivity contribution in [3.63, 3.8) is 0 Å². The van der Waals surface area contributed by atoms with E-state index in [0.717, 1.165) is 23.5 Å². The van der Waals surface area contributed by atoms with E-state index in [0.29, 0.717) is 24.5 Å². The van der Waals surface area contributed by atoms with Gasteiger partial charge in [0.1, 0.15) is 5.82 Å². The summed E-state index contributed by atoms with van der Waals surface area (Å²) in [6, 6.07) is 5.04. The smallest absolute Gasteiger partial charge is 0.186 e. The van der Waals surface area contributed by atoms with Gasteiger partial charge in [-0.15, -0.1) is 16.9 Å². The molecule has 0 radical (unpaired) electrons. The second kappa shape index (κ2) is 7.35. The van der Waals surface area contributed by atoms with Crippen LogP contribution in [0.4, 0.5) is 4.39 Å². The first-order chi connectivity index (χ1) is 9.77. The number of nitrogens with two attached hydrogens (primary N) is 1. The first-order valence-corrected chi connectivity index (χ1v) is 7.64. The van der Waals surface area contributed by atoms with Crippen LogP contribution in [0.15, 0.2) is 23.1 Å². The molecule has 0 amide bonds. The van der Waals surface area contributed by atoms with Crippen molar-refractivity contribution in [1.82, 2.24) is 20.2 Å². The molecule has 0 saturated carbocycles. The van der Waals surface area contributed by atoms with Crippen LogP contribution in [0.3, 0.4) is 0 Å². The normalized spacial score (nSPS) is 10.9. The minimum Gasteiger partial charge on any atom is -0.330 e. The lowest BCUT2D eigenvalue weighted by atomic mass is 10.2. The fourth-order valence-corrected chi connectivity index (χ4v) is 2.76. The number of tetrazole rings is 1. The molecular formula is C13H18FN5S. The van der Waals surface area contributed by atoms with Crippen molar-refractivity contribution in [2.45, 2.75) is 31.2 Å². The minimum atomic E-state index is -0.293. The Labute approximate surface area is 121 Å². The predicted octanol–water partition coefficient (Wildman–Crippen LogP) is 2.33. The fourth-order valence-electron chi connectivity index (χ4n) is 1.94. The molecule has 0 bridgehead atoms. The van der Waals surface area contributed by atoms with Gasteiger partial charge in [0, 0.05) is 11.4 Å². The molecule has 0 aliphatic rings. The summed E-state index contributed by atoms with van der Waals surface area (Å²) in [6.45, 7) is 3.31. The molecular weight excluding hydrogens is 277 g/mol. The van der Waals surface area contributed by atoms with Crippen molar-refractivity contribution >= 4 is 11.8 Å². The molecule has 1 aromatic heterocycles. The number of benzene rings is 1. The zero-order chi connectivity index (χ0) is 14.4. The second-order valence-electron chi connectivity index (χ2n) is 4.27. The zero-order valence-corrected chi connectivity index (χ0v) is 12.2. The molecule has 2 rings (SSSR count). The number of aromatic nitrogens is 4. The number of rotatable bonds is 7. The lowest BCUT2D eigenvalue weighted by Gasteiger charge is -2.09. The molecule has 0 atom stereocenters. The lowest BCUT2D eigenvalue weighted by Crippen LogP contribution is -2.07. The molecule has 7 heteroatoms. The van der Waals surface area contributed by atoms with Crippen molar-refractivity contribution < 1.29 is 4.39 Å². The summed E-state index contributed by atoms with van der Waals surface area (Å²) in [5.74, 6) is 1.06. The van der Waals surface area contributed by atoms with Crippen molar-refractivity contribution in [2.24, 2.45) is 5.73 Å². The molecule has 2 N–H and O–H groups in total. The van der Waals surface area contributed by atoms with Crippen LogP contribution < -0.4 is 5.73 Å². The SMILES string of the molecule is CCSc1cccc(F)c1-c1nnnn1CCCCN. The largest absolute Gasteiger partial charge is 0.330 e. The molecule has 0 fully saturated rings. The predicted molar refractivity (Wildman–Crippen MR) is 77.9 cm³/mol. The highest BCUT2D eigenvalue weighted by Crippen LogP contribution is 2.32. The number of nitrogens with zero attached hydrogens (tertiary/aromatic N) is 4. The summed E-state index contributed by atoms with van der Waals surface area (Å²) in [6.07, 6.45) is 1.77. The van der Waals surface area contributed by atoms with Crippen LogP contribution in [-0.4, -0.2) is 32.5 Å². The molecule has 0 saturated heterocycles. The number of thioether (sulfide) groups is 1. The topological polar surface area (TPSA) is 69.6 Å². The maximum Gasteiger partial charge on any atom is 0.186 e. The van der Waals surface area contributed by atoms with Crippen molar-refractivity contribution in [3.8, 4) is 11.4 Å². The fraction of sp³-hybridized carbons (Fsp3) is 0.462. The van der Waals surface area contributed by atoms with Crippen LogP contribution in [-0.2, 0) is 6.54 Å². The van der Waals surface area contributed by atoms with Gasteiger partial charge in [-0.25, -0.2) is 9.07 Å². The number of aryl methyl sites for hydroxylation is 1. The van der Waals surface area contributed by atoms with Gasteiger partial charge in [-0.1, -0.05) is 13.0 Å². The summed E-state index contributed by atoms with van der Waals surface area (Å²) in [4.78, 5) is 0.863. The summed E-state index contributed by atoms with van der Waals surface area (Å²) in [5.41, 5.74) is 5.96. The minimum absolute atomic E-state index is 0.293. The molecule has 0 aliphatic heterocycles. The Balaban J connectivity index is 2.34. The van der Waals surface area contributed by atoms with Crippen LogP contribution >= 0.6 is 11.8 Å². The summed E-state index contributed by atoms with van der Waals surface area (Å²) in [7, 11) is 0. The highest BCUT2D eigenvalue weighted by atomic mass is 32.2. The van der Waals surface area contributed by atoms with Crippen LogP contribution in [0.5, 0.6) is 0 Å². The Morgan fingerprint density at radius 3 is 2.95 bits per heavy atom. The van der Waals surface area contributed by atoms with Crippen molar-refractivity contribution in [3.05, 3.63) is 24.0 Å². The Morgan fingerprint density at radius 2 is 2.20 bits per heavy atom. The standard InChI is InChI=1S/C13H18FN5S/c1-2-20-11-7-5-6-10(14)12(11)13-16-17-18-19(13)9-4-3-8-15/h5-7H,2-4,8-9,15H2,1H3. The van der Waals surface area contributed by atoms with E-state index in [1.165, 1.54) is 6.07 Å². The summed E-state index contributed by atoms with van der Waals surface area (Å²) in [5, 5.41) is 11.6. The zero-order valence-electron chi connectivity index (χ0n) is 11.4. The average molecular weight is 295 g/mol. The highest BCUT2D eigenvalue weighted by molar-refractivity contribution is 7.99. The molecule has 0 aliphatic carbocycles.